The molecule has 3 rings (SSSR count). The van der Waals surface area contributed by atoms with Crippen LogP contribution in [0.3, 0.4) is 0 Å². The standard InChI is InChI=1S/C21H27ClN6O.HI/c1-2-23-21(26-14-19(29)25-13-16-7-4-3-5-8-16)27-17-10-12-28(15-17)20-18(22)9-6-11-24-20;/h3-9,11,17H,2,10,12-15H2,1H3,(H,25,29)(H2,23,26,27);1H. The van der Waals surface area contributed by atoms with Crippen LogP contribution in [-0.4, -0.2) is 49.1 Å². The predicted molar refractivity (Wildman–Crippen MR) is 133 cm³/mol. The summed E-state index contributed by atoms with van der Waals surface area (Å²) >= 11 is 6.26. The van der Waals surface area contributed by atoms with Crippen molar-refractivity contribution >= 4 is 53.3 Å². The second kappa shape index (κ2) is 12.6. The van der Waals surface area contributed by atoms with Gasteiger partial charge >= 0.3 is 0 Å². The molecule has 0 saturated carbocycles. The Labute approximate surface area is 199 Å². The maximum atomic E-state index is 12.1. The maximum Gasteiger partial charge on any atom is 0.242 e. The van der Waals surface area contributed by atoms with Gasteiger partial charge in [0.1, 0.15) is 12.4 Å². The van der Waals surface area contributed by atoms with Gasteiger partial charge in [0.05, 0.1) is 5.02 Å². The molecular weight excluding hydrogens is 515 g/mol. The molecule has 7 nitrogen and oxygen atoms in total. The fraction of sp³-hybridized carbons (Fsp3) is 0.381. The van der Waals surface area contributed by atoms with E-state index in [1.165, 1.54) is 0 Å². The Balaban J connectivity index is 0.00000320. The van der Waals surface area contributed by atoms with E-state index in [0.29, 0.717) is 17.5 Å². The van der Waals surface area contributed by atoms with Crippen LogP contribution in [0.4, 0.5) is 5.82 Å². The number of halogens is 2. The van der Waals surface area contributed by atoms with Gasteiger partial charge < -0.3 is 20.9 Å². The topological polar surface area (TPSA) is 81.6 Å². The summed E-state index contributed by atoms with van der Waals surface area (Å²) in [6, 6.07) is 13.7. The quantitative estimate of drug-likeness (QED) is 0.285. The van der Waals surface area contributed by atoms with Crippen LogP contribution in [0.5, 0.6) is 0 Å². The van der Waals surface area contributed by atoms with Crippen molar-refractivity contribution in [1.29, 1.82) is 0 Å². The van der Waals surface area contributed by atoms with Gasteiger partial charge in [-0.25, -0.2) is 9.98 Å². The van der Waals surface area contributed by atoms with Crippen molar-refractivity contribution in [1.82, 2.24) is 20.9 Å². The average Bonchev–Trinajstić information content (AvgIpc) is 3.20. The lowest BCUT2D eigenvalue weighted by atomic mass is 10.2. The first-order valence-corrected chi connectivity index (χ1v) is 10.2. The molecule has 1 aromatic heterocycles. The van der Waals surface area contributed by atoms with Gasteiger partial charge in [0.2, 0.25) is 5.91 Å². The second-order valence-corrected chi connectivity index (χ2v) is 7.25. The molecular formula is C21H28ClIN6O. The average molecular weight is 543 g/mol. The van der Waals surface area contributed by atoms with Gasteiger partial charge in [0, 0.05) is 38.4 Å². The molecule has 2 aromatic rings. The molecule has 0 spiro atoms. The molecule has 1 aliphatic heterocycles. The number of nitrogens with zero attached hydrogens (tertiary/aromatic N) is 3. The summed E-state index contributed by atoms with van der Waals surface area (Å²) in [5.74, 6) is 1.33. The second-order valence-electron chi connectivity index (χ2n) is 6.84. The van der Waals surface area contributed by atoms with Gasteiger partial charge in [-0.2, -0.15) is 0 Å². The van der Waals surface area contributed by atoms with Gasteiger partial charge in [-0.15, -0.1) is 24.0 Å². The molecule has 1 atom stereocenters. The van der Waals surface area contributed by atoms with E-state index in [0.717, 1.165) is 37.4 Å². The van der Waals surface area contributed by atoms with E-state index in [-0.39, 0.29) is 42.5 Å². The Kier molecular flexibility index (Phi) is 10.2. The molecule has 1 aromatic carbocycles. The largest absolute Gasteiger partial charge is 0.357 e. The van der Waals surface area contributed by atoms with Gasteiger partial charge in [-0.3, -0.25) is 4.79 Å². The molecule has 3 N–H and O–H groups in total. The third-order valence-corrected chi connectivity index (χ3v) is 4.92. The van der Waals surface area contributed by atoms with Gasteiger partial charge in [-0.1, -0.05) is 41.9 Å². The number of anilines is 1. The zero-order valence-electron chi connectivity index (χ0n) is 17.0. The summed E-state index contributed by atoms with van der Waals surface area (Å²) in [6.07, 6.45) is 2.69. The number of benzene rings is 1. The monoisotopic (exact) mass is 542 g/mol. The van der Waals surface area contributed by atoms with Crippen LogP contribution in [0.2, 0.25) is 5.02 Å². The summed E-state index contributed by atoms with van der Waals surface area (Å²) < 4.78 is 0. The number of pyridine rings is 1. The zero-order chi connectivity index (χ0) is 20.5. The van der Waals surface area contributed by atoms with E-state index < -0.39 is 0 Å². The Morgan fingerprint density at radius 1 is 1.23 bits per heavy atom. The number of carbonyl (C=O) groups is 1. The normalized spacial score (nSPS) is 16.0. The number of nitrogens with one attached hydrogen (secondary N) is 3. The SMILES string of the molecule is CCNC(=NCC(=O)NCc1ccccc1)NC1CCN(c2ncccc2Cl)C1.I. The van der Waals surface area contributed by atoms with Crippen molar-refractivity contribution in [2.45, 2.75) is 25.9 Å². The first kappa shape index (κ1) is 24.2. The number of carbonyl (C=O) groups excluding carboxylic acids is 1. The number of guanidine groups is 1. The fourth-order valence-electron chi connectivity index (χ4n) is 3.20. The number of aliphatic imine (C=N–C) groups is 1. The Bertz CT molecular complexity index is 835. The molecule has 162 valence electrons. The molecule has 0 bridgehead atoms. The molecule has 0 radical (unpaired) electrons. The van der Waals surface area contributed by atoms with Crippen molar-refractivity contribution in [3.8, 4) is 0 Å². The van der Waals surface area contributed by atoms with Crippen LogP contribution in [0.1, 0.15) is 18.9 Å². The maximum absolute atomic E-state index is 12.1. The Morgan fingerprint density at radius 2 is 2.03 bits per heavy atom. The minimum Gasteiger partial charge on any atom is -0.357 e. The van der Waals surface area contributed by atoms with E-state index >= 15 is 0 Å². The minimum absolute atomic E-state index is 0. The molecule has 1 unspecified atom stereocenters. The first-order valence-electron chi connectivity index (χ1n) is 9.86. The van der Waals surface area contributed by atoms with Crippen LogP contribution < -0.4 is 20.9 Å². The lowest BCUT2D eigenvalue weighted by molar-refractivity contribution is -0.119. The smallest absolute Gasteiger partial charge is 0.242 e. The number of hydrogen-bond acceptors (Lipinski definition) is 4. The number of rotatable bonds is 7. The van der Waals surface area contributed by atoms with E-state index in [9.17, 15) is 4.79 Å². The van der Waals surface area contributed by atoms with E-state index in [2.05, 4.69) is 30.8 Å². The zero-order valence-corrected chi connectivity index (χ0v) is 20.1. The van der Waals surface area contributed by atoms with Crippen molar-refractivity contribution in [3.63, 3.8) is 0 Å². The molecule has 2 heterocycles. The van der Waals surface area contributed by atoms with Crippen LogP contribution in [-0.2, 0) is 11.3 Å². The number of hydrogen-bond donors (Lipinski definition) is 3. The van der Waals surface area contributed by atoms with Crippen LogP contribution >= 0.6 is 35.6 Å². The van der Waals surface area contributed by atoms with Crippen molar-refractivity contribution in [3.05, 3.63) is 59.2 Å². The van der Waals surface area contributed by atoms with Gasteiger partial charge in [0.25, 0.3) is 0 Å². The number of aromatic nitrogens is 1. The van der Waals surface area contributed by atoms with Crippen LogP contribution in [0.25, 0.3) is 0 Å². The minimum atomic E-state index is -0.112. The highest BCUT2D eigenvalue weighted by molar-refractivity contribution is 14.0. The van der Waals surface area contributed by atoms with E-state index in [1.54, 1.807) is 6.20 Å². The Morgan fingerprint density at radius 3 is 2.77 bits per heavy atom. The molecule has 30 heavy (non-hydrogen) atoms. The van der Waals surface area contributed by atoms with Crippen LogP contribution in [0, 0.1) is 0 Å². The van der Waals surface area contributed by atoms with Gasteiger partial charge in [0.15, 0.2) is 5.96 Å². The highest BCUT2D eigenvalue weighted by Gasteiger charge is 2.25. The molecule has 1 fully saturated rings. The van der Waals surface area contributed by atoms with Crippen molar-refractivity contribution < 1.29 is 4.79 Å². The summed E-state index contributed by atoms with van der Waals surface area (Å²) in [4.78, 5) is 23.1. The summed E-state index contributed by atoms with van der Waals surface area (Å²) in [5.41, 5.74) is 1.06. The predicted octanol–water partition coefficient (Wildman–Crippen LogP) is 2.80. The number of amides is 1. The van der Waals surface area contributed by atoms with Gasteiger partial charge in [-0.05, 0) is 31.0 Å². The lowest BCUT2D eigenvalue weighted by Crippen LogP contribution is -2.45. The summed E-state index contributed by atoms with van der Waals surface area (Å²) in [6.45, 7) is 4.94. The highest BCUT2D eigenvalue weighted by atomic mass is 127. The first-order chi connectivity index (χ1) is 14.2. The lowest BCUT2D eigenvalue weighted by Gasteiger charge is -2.20. The summed E-state index contributed by atoms with van der Waals surface area (Å²) in [5, 5.41) is 10.2. The third kappa shape index (κ3) is 7.32. The Hall–Kier alpha value is -2.07. The van der Waals surface area contributed by atoms with Crippen LogP contribution in [0.15, 0.2) is 53.7 Å². The molecule has 9 heteroatoms. The molecule has 1 amide bonds. The third-order valence-electron chi connectivity index (χ3n) is 4.63. The molecule has 1 saturated heterocycles. The molecule has 1 aliphatic rings. The highest BCUT2D eigenvalue weighted by Crippen LogP contribution is 2.25. The molecule has 0 aliphatic carbocycles. The van der Waals surface area contributed by atoms with E-state index in [4.69, 9.17) is 11.6 Å². The summed E-state index contributed by atoms with van der Waals surface area (Å²) in [7, 11) is 0. The van der Waals surface area contributed by atoms with E-state index in [1.807, 2.05) is 49.4 Å². The van der Waals surface area contributed by atoms with Crippen molar-refractivity contribution in [2.24, 2.45) is 4.99 Å². The fourth-order valence-corrected chi connectivity index (χ4v) is 3.44. The van der Waals surface area contributed by atoms with Crippen molar-refractivity contribution in [2.75, 3.05) is 31.1 Å².